The number of hydrogen-bond acceptors (Lipinski definition) is 1. The van der Waals surface area contributed by atoms with Gasteiger partial charge in [0, 0.05) is 13.2 Å². The summed E-state index contributed by atoms with van der Waals surface area (Å²) in [4.78, 5) is 0. The Balaban J connectivity index is 2.42. The molecule has 66 valence electrons. The Kier molecular flexibility index (Phi) is 3.38. The van der Waals surface area contributed by atoms with Crippen molar-refractivity contribution in [2.75, 3.05) is 13.2 Å². The van der Waals surface area contributed by atoms with Gasteiger partial charge >= 0.3 is 0 Å². The highest BCUT2D eigenvalue weighted by atomic mass is 16.5. The largest absolute Gasteiger partial charge is 0.381 e. The molecule has 1 nitrogen and oxygen atoms in total. The average Bonchev–Trinajstić information content (AvgIpc) is 2.00. The Labute approximate surface area is 70.1 Å². The summed E-state index contributed by atoms with van der Waals surface area (Å²) in [5, 5.41) is 0. The van der Waals surface area contributed by atoms with Crippen molar-refractivity contribution in [2.24, 2.45) is 17.8 Å². The molecule has 0 aromatic rings. The summed E-state index contributed by atoms with van der Waals surface area (Å²) >= 11 is 0. The van der Waals surface area contributed by atoms with Crippen LogP contribution >= 0.6 is 0 Å². The molecule has 3 unspecified atom stereocenters. The summed E-state index contributed by atoms with van der Waals surface area (Å²) < 4.78 is 5.51. The first kappa shape index (κ1) is 9.05. The van der Waals surface area contributed by atoms with Gasteiger partial charge in [0.2, 0.25) is 0 Å². The molecule has 1 aliphatic heterocycles. The van der Waals surface area contributed by atoms with Gasteiger partial charge in [0.1, 0.15) is 0 Å². The predicted octanol–water partition coefficient (Wildman–Crippen LogP) is 2.71. The normalized spacial score (nSPS) is 41.2. The van der Waals surface area contributed by atoms with Crippen LogP contribution in [0, 0.1) is 17.8 Å². The molecule has 0 radical (unpaired) electrons. The van der Waals surface area contributed by atoms with Gasteiger partial charge in [0.15, 0.2) is 0 Å². The summed E-state index contributed by atoms with van der Waals surface area (Å²) in [6.45, 7) is 8.95. The van der Waals surface area contributed by atoms with Gasteiger partial charge in [-0.3, -0.25) is 0 Å². The van der Waals surface area contributed by atoms with Crippen LogP contribution in [-0.4, -0.2) is 13.2 Å². The second kappa shape index (κ2) is 4.10. The summed E-state index contributed by atoms with van der Waals surface area (Å²) in [7, 11) is 0. The third-order valence-corrected chi connectivity index (χ3v) is 3.12. The van der Waals surface area contributed by atoms with Gasteiger partial charge in [-0.15, -0.1) is 0 Å². The van der Waals surface area contributed by atoms with Crippen LogP contribution in [0.4, 0.5) is 0 Å². The zero-order valence-corrected chi connectivity index (χ0v) is 7.97. The van der Waals surface area contributed by atoms with Crippen LogP contribution in [0.25, 0.3) is 0 Å². The topological polar surface area (TPSA) is 9.23 Å². The maximum Gasteiger partial charge on any atom is 0.0494 e. The van der Waals surface area contributed by atoms with E-state index in [4.69, 9.17) is 4.74 Å². The molecule has 0 bridgehead atoms. The molecule has 1 aliphatic rings. The van der Waals surface area contributed by atoms with E-state index in [0.29, 0.717) is 0 Å². The lowest BCUT2D eigenvalue weighted by atomic mass is 9.82. The molecule has 0 spiro atoms. The van der Waals surface area contributed by atoms with Gasteiger partial charge in [0.05, 0.1) is 0 Å². The zero-order valence-electron chi connectivity index (χ0n) is 7.97. The number of hydrogen-bond donors (Lipinski definition) is 0. The molecule has 1 heterocycles. The van der Waals surface area contributed by atoms with Crippen molar-refractivity contribution in [2.45, 2.75) is 33.6 Å². The maximum atomic E-state index is 5.51. The van der Waals surface area contributed by atoms with Crippen molar-refractivity contribution in [1.29, 1.82) is 0 Å². The standard InChI is InChI=1S/C10H20O/c1-8-5-4-6-11-7-9(2)10(8)3/h8-10H,4-7H2,1-3H3. The van der Waals surface area contributed by atoms with E-state index in [2.05, 4.69) is 20.8 Å². The SMILES string of the molecule is CC1CCCOCC(C)C1C. The van der Waals surface area contributed by atoms with E-state index in [1.54, 1.807) is 0 Å². The molecule has 0 aliphatic carbocycles. The first-order valence-electron chi connectivity index (χ1n) is 4.79. The molecule has 1 fully saturated rings. The average molecular weight is 156 g/mol. The van der Waals surface area contributed by atoms with E-state index in [-0.39, 0.29) is 0 Å². The van der Waals surface area contributed by atoms with Gasteiger partial charge in [0.25, 0.3) is 0 Å². The van der Waals surface area contributed by atoms with Gasteiger partial charge < -0.3 is 4.74 Å². The summed E-state index contributed by atoms with van der Waals surface area (Å²) in [5.41, 5.74) is 0. The van der Waals surface area contributed by atoms with Crippen LogP contribution in [-0.2, 0) is 4.74 Å². The minimum atomic E-state index is 0.741. The minimum Gasteiger partial charge on any atom is -0.381 e. The van der Waals surface area contributed by atoms with Crippen LogP contribution in [0.1, 0.15) is 33.6 Å². The van der Waals surface area contributed by atoms with Crippen LogP contribution in [0.3, 0.4) is 0 Å². The highest BCUT2D eigenvalue weighted by molar-refractivity contribution is 4.69. The Morgan fingerprint density at radius 2 is 1.82 bits per heavy atom. The van der Waals surface area contributed by atoms with Gasteiger partial charge in [-0.1, -0.05) is 20.8 Å². The molecule has 0 saturated carbocycles. The van der Waals surface area contributed by atoms with E-state index < -0.39 is 0 Å². The van der Waals surface area contributed by atoms with Gasteiger partial charge in [-0.2, -0.15) is 0 Å². The second-order valence-corrected chi connectivity index (χ2v) is 4.03. The molecule has 0 aromatic heterocycles. The lowest BCUT2D eigenvalue weighted by Crippen LogP contribution is -2.24. The van der Waals surface area contributed by atoms with E-state index in [9.17, 15) is 0 Å². The Morgan fingerprint density at radius 3 is 2.55 bits per heavy atom. The highest BCUT2D eigenvalue weighted by Gasteiger charge is 2.20. The summed E-state index contributed by atoms with van der Waals surface area (Å²) in [5.74, 6) is 2.45. The van der Waals surface area contributed by atoms with Crippen LogP contribution < -0.4 is 0 Å². The van der Waals surface area contributed by atoms with Crippen LogP contribution in [0.2, 0.25) is 0 Å². The third-order valence-electron chi connectivity index (χ3n) is 3.12. The molecule has 11 heavy (non-hydrogen) atoms. The Bertz CT molecular complexity index is 99.4. The molecular weight excluding hydrogens is 136 g/mol. The quantitative estimate of drug-likeness (QED) is 0.524. The third kappa shape index (κ3) is 2.48. The molecule has 1 heteroatoms. The first-order valence-corrected chi connectivity index (χ1v) is 4.79. The van der Waals surface area contributed by atoms with E-state index >= 15 is 0 Å². The predicted molar refractivity (Wildman–Crippen MR) is 47.5 cm³/mol. The Hall–Kier alpha value is -0.0400. The fraction of sp³-hybridized carbons (Fsp3) is 1.00. The highest BCUT2D eigenvalue weighted by Crippen LogP contribution is 2.26. The van der Waals surface area contributed by atoms with Crippen molar-refractivity contribution < 1.29 is 4.74 Å². The smallest absolute Gasteiger partial charge is 0.0494 e. The van der Waals surface area contributed by atoms with Crippen LogP contribution in [0.15, 0.2) is 0 Å². The van der Waals surface area contributed by atoms with Gasteiger partial charge in [-0.05, 0) is 30.6 Å². The van der Waals surface area contributed by atoms with Crippen molar-refractivity contribution in [3.8, 4) is 0 Å². The van der Waals surface area contributed by atoms with Crippen molar-refractivity contribution in [3.63, 3.8) is 0 Å². The van der Waals surface area contributed by atoms with Gasteiger partial charge in [-0.25, -0.2) is 0 Å². The fourth-order valence-electron chi connectivity index (χ4n) is 1.75. The molecule has 3 atom stereocenters. The van der Waals surface area contributed by atoms with Crippen LogP contribution in [0.5, 0.6) is 0 Å². The molecule has 0 aromatic carbocycles. The summed E-state index contributed by atoms with van der Waals surface area (Å²) in [6.07, 6.45) is 2.59. The number of rotatable bonds is 0. The number of ether oxygens (including phenoxy) is 1. The van der Waals surface area contributed by atoms with E-state index in [1.807, 2.05) is 0 Å². The van der Waals surface area contributed by atoms with E-state index in [1.165, 1.54) is 12.8 Å². The molecule has 0 N–H and O–H groups in total. The molecule has 1 saturated heterocycles. The first-order chi connectivity index (χ1) is 5.22. The lowest BCUT2D eigenvalue weighted by molar-refractivity contribution is 0.0492. The van der Waals surface area contributed by atoms with E-state index in [0.717, 1.165) is 31.0 Å². The Morgan fingerprint density at radius 1 is 1.09 bits per heavy atom. The summed E-state index contributed by atoms with van der Waals surface area (Å²) in [6, 6.07) is 0. The fourth-order valence-corrected chi connectivity index (χ4v) is 1.75. The molecular formula is C10H20O. The maximum absolute atomic E-state index is 5.51. The molecule has 1 rings (SSSR count). The van der Waals surface area contributed by atoms with Crippen molar-refractivity contribution >= 4 is 0 Å². The molecule has 0 amide bonds. The van der Waals surface area contributed by atoms with Crippen molar-refractivity contribution in [3.05, 3.63) is 0 Å². The zero-order chi connectivity index (χ0) is 8.27. The minimum absolute atomic E-state index is 0.741. The lowest BCUT2D eigenvalue weighted by Gasteiger charge is -2.28. The van der Waals surface area contributed by atoms with Crippen molar-refractivity contribution in [1.82, 2.24) is 0 Å². The second-order valence-electron chi connectivity index (χ2n) is 4.03. The monoisotopic (exact) mass is 156 g/mol.